The molecule has 2 heterocycles. The van der Waals surface area contributed by atoms with Crippen LogP contribution < -0.4 is 9.80 Å². The van der Waals surface area contributed by atoms with Crippen LogP contribution in [0.4, 0.5) is 11.4 Å². The van der Waals surface area contributed by atoms with Crippen molar-refractivity contribution in [2.75, 3.05) is 23.4 Å². The summed E-state index contributed by atoms with van der Waals surface area (Å²) >= 11 is 3.43. The summed E-state index contributed by atoms with van der Waals surface area (Å²) in [6.07, 6.45) is 11.2. The molecular formula is C34H34N2OS2. The van der Waals surface area contributed by atoms with Gasteiger partial charge in [0.05, 0.1) is 21.4 Å². The number of ketones is 1. The van der Waals surface area contributed by atoms with Gasteiger partial charge in [0.25, 0.3) is 0 Å². The molecule has 0 saturated carbocycles. The number of hydrogen-bond acceptors (Lipinski definition) is 5. The molecule has 0 bridgehead atoms. The molecule has 2 aliphatic rings. The topological polar surface area (TPSA) is 23.6 Å². The number of benzene rings is 4. The van der Waals surface area contributed by atoms with Crippen LogP contribution in [0.5, 0.6) is 0 Å². The van der Waals surface area contributed by atoms with Crippen LogP contribution in [0.15, 0.2) is 105 Å². The number of unbranched alkanes of at least 4 members (excludes halogenated alkanes) is 5. The molecule has 0 amide bonds. The number of carbonyl (C=O) groups excluding carboxylic acids is 1. The van der Waals surface area contributed by atoms with Crippen LogP contribution in [-0.4, -0.2) is 19.4 Å². The summed E-state index contributed by atoms with van der Waals surface area (Å²) in [6, 6.07) is 25.8. The van der Waals surface area contributed by atoms with Crippen LogP contribution in [0.2, 0.25) is 0 Å². The summed E-state index contributed by atoms with van der Waals surface area (Å²) in [5, 5.41) is 6.97. The standard InChI is InChI=1S/C34H34N2OS2/c1-3-4-5-6-7-12-21-36-30-20-18-25-14-9-11-16-28(25)34(30)39-32(36)23-26(37)22-31-35(2)29-19-17-24-13-8-10-15-27(24)33(29)38-31/h8-11,13-20,22-23H,3-7,12,21H2,1-2H3/b31-22?,32-23-. The summed E-state index contributed by atoms with van der Waals surface area (Å²) in [6.45, 7) is 3.20. The first-order valence-corrected chi connectivity index (χ1v) is 15.6. The Morgan fingerprint density at radius 2 is 1.26 bits per heavy atom. The fourth-order valence-electron chi connectivity index (χ4n) is 5.52. The highest BCUT2D eigenvalue weighted by Crippen LogP contribution is 2.50. The minimum Gasteiger partial charge on any atom is -0.338 e. The average Bonchev–Trinajstić information content (AvgIpc) is 3.47. The van der Waals surface area contributed by atoms with Crippen molar-refractivity contribution in [2.24, 2.45) is 0 Å². The van der Waals surface area contributed by atoms with Crippen LogP contribution in [0, 0.1) is 0 Å². The predicted octanol–water partition coefficient (Wildman–Crippen LogP) is 9.76. The molecule has 0 N–H and O–H groups in total. The maximum absolute atomic E-state index is 13.5. The van der Waals surface area contributed by atoms with Crippen LogP contribution >= 0.6 is 23.5 Å². The molecule has 3 nitrogen and oxygen atoms in total. The lowest BCUT2D eigenvalue weighted by molar-refractivity contribution is -0.110. The van der Waals surface area contributed by atoms with E-state index in [-0.39, 0.29) is 5.78 Å². The first kappa shape index (κ1) is 26.1. The van der Waals surface area contributed by atoms with Crippen molar-refractivity contribution in [1.82, 2.24) is 0 Å². The van der Waals surface area contributed by atoms with Crippen molar-refractivity contribution in [3.63, 3.8) is 0 Å². The van der Waals surface area contributed by atoms with Gasteiger partial charge in [-0.2, -0.15) is 0 Å². The Labute approximate surface area is 239 Å². The highest BCUT2D eigenvalue weighted by atomic mass is 32.2. The average molecular weight is 551 g/mol. The molecule has 0 spiro atoms. The second-order valence-corrected chi connectivity index (χ2v) is 12.4. The fraction of sp³-hybridized carbons (Fsp3) is 0.265. The zero-order valence-corrected chi connectivity index (χ0v) is 24.3. The van der Waals surface area contributed by atoms with Crippen molar-refractivity contribution >= 4 is 62.2 Å². The first-order chi connectivity index (χ1) is 19.1. The summed E-state index contributed by atoms with van der Waals surface area (Å²) < 4.78 is 0. The Morgan fingerprint density at radius 3 is 1.97 bits per heavy atom. The molecule has 0 fully saturated rings. The molecule has 2 aliphatic heterocycles. The van der Waals surface area contributed by atoms with E-state index in [4.69, 9.17) is 0 Å². The summed E-state index contributed by atoms with van der Waals surface area (Å²) in [5.41, 5.74) is 2.38. The molecule has 4 aromatic rings. The number of allylic oxidation sites excluding steroid dienone is 2. The third kappa shape index (κ3) is 5.22. The Morgan fingerprint density at radius 1 is 0.692 bits per heavy atom. The van der Waals surface area contributed by atoms with Gasteiger partial charge in [-0.05, 0) is 40.1 Å². The lowest BCUT2D eigenvalue weighted by atomic mass is 10.1. The van der Waals surface area contributed by atoms with Crippen molar-refractivity contribution in [3.8, 4) is 0 Å². The monoisotopic (exact) mass is 550 g/mol. The van der Waals surface area contributed by atoms with Gasteiger partial charge >= 0.3 is 0 Å². The molecule has 6 rings (SSSR count). The fourth-order valence-corrected chi connectivity index (χ4v) is 8.01. The third-order valence-corrected chi connectivity index (χ3v) is 10.1. The Hall–Kier alpha value is -3.15. The summed E-state index contributed by atoms with van der Waals surface area (Å²) in [4.78, 5) is 20.5. The molecule has 0 radical (unpaired) electrons. The van der Waals surface area contributed by atoms with Gasteiger partial charge in [-0.3, -0.25) is 4.79 Å². The van der Waals surface area contributed by atoms with Crippen molar-refractivity contribution < 1.29 is 4.79 Å². The zero-order valence-electron chi connectivity index (χ0n) is 22.7. The Balaban J connectivity index is 1.26. The highest BCUT2D eigenvalue weighted by molar-refractivity contribution is 8.04. The predicted molar refractivity (Wildman–Crippen MR) is 170 cm³/mol. The summed E-state index contributed by atoms with van der Waals surface area (Å²) in [5.74, 6) is 0.0361. The molecule has 0 aromatic heterocycles. The maximum atomic E-state index is 13.5. The third-order valence-electron chi connectivity index (χ3n) is 7.65. The van der Waals surface area contributed by atoms with E-state index in [1.54, 1.807) is 29.6 Å². The van der Waals surface area contributed by atoms with E-state index in [1.807, 2.05) is 6.08 Å². The van der Waals surface area contributed by atoms with Crippen LogP contribution in [0.3, 0.4) is 0 Å². The van der Waals surface area contributed by atoms with E-state index < -0.39 is 0 Å². The smallest absolute Gasteiger partial charge is 0.183 e. The van der Waals surface area contributed by atoms with E-state index in [0.29, 0.717) is 0 Å². The number of thioether (sulfide) groups is 2. The number of fused-ring (bicyclic) bond motifs is 6. The van der Waals surface area contributed by atoms with Gasteiger partial charge in [0, 0.05) is 35.5 Å². The molecule has 0 saturated heterocycles. The number of carbonyl (C=O) groups is 1. The molecule has 0 unspecified atom stereocenters. The van der Waals surface area contributed by atoms with Gasteiger partial charge in [0.2, 0.25) is 0 Å². The second kappa shape index (κ2) is 11.5. The molecule has 198 valence electrons. The first-order valence-electron chi connectivity index (χ1n) is 14.0. The Kier molecular flexibility index (Phi) is 7.71. The quantitative estimate of drug-likeness (QED) is 0.152. The van der Waals surface area contributed by atoms with Crippen LogP contribution in [0.1, 0.15) is 45.4 Å². The Bertz CT molecular complexity index is 1610. The van der Waals surface area contributed by atoms with Gasteiger partial charge in [-0.25, -0.2) is 0 Å². The largest absolute Gasteiger partial charge is 0.338 e. The van der Waals surface area contributed by atoms with Gasteiger partial charge in [-0.15, -0.1) is 0 Å². The van der Waals surface area contributed by atoms with Crippen LogP contribution in [-0.2, 0) is 4.79 Å². The van der Waals surface area contributed by atoms with E-state index in [9.17, 15) is 4.79 Å². The van der Waals surface area contributed by atoms with Crippen LogP contribution in [0.25, 0.3) is 21.5 Å². The summed E-state index contributed by atoms with van der Waals surface area (Å²) in [7, 11) is 2.05. The normalized spacial score (nSPS) is 16.6. The van der Waals surface area contributed by atoms with Crippen molar-refractivity contribution in [3.05, 3.63) is 95.0 Å². The molecule has 4 aromatic carbocycles. The van der Waals surface area contributed by atoms with Gasteiger partial charge in [-0.1, -0.05) is 123 Å². The van der Waals surface area contributed by atoms with Crippen molar-refractivity contribution in [1.29, 1.82) is 0 Å². The van der Waals surface area contributed by atoms with E-state index >= 15 is 0 Å². The SMILES string of the molecule is CCCCCCCCN1/C(=C/C(=O)C=C2Sc3c(ccc4ccccc34)N2C)Sc2c1ccc1ccccc21. The number of anilines is 2. The minimum absolute atomic E-state index is 0.0361. The molecule has 5 heteroatoms. The lowest BCUT2D eigenvalue weighted by Crippen LogP contribution is -2.20. The molecule has 39 heavy (non-hydrogen) atoms. The highest BCUT2D eigenvalue weighted by Gasteiger charge is 2.28. The zero-order chi connectivity index (χ0) is 26.8. The maximum Gasteiger partial charge on any atom is 0.183 e. The van der Waals surface area contributed by atoms with Gasteiger partial charge in [0.1, 0.15) is 0 Å². The van der Waals surface area contributed by atoms with E-state index in [1.165, 1.54) is 69.1 Å². The van der Waals surface area contributed by atoms with Gasteiger partial charge < -0.3 is 9.80 Å². The number of hydrogen-bond donors (Lipinski definition) is 0. The second-order valence-electron chi connectivity index (χ2n) is 10.3. The van der Waals surface area contributed by atoms with E-state index in [0.717, 1.165) is 28.7 Å². The van der Waals surface area contributed by atoms with E-state index in [2.05, 4.69) is 96.6 Å². The number of nitrogens with zero attached hydrogens (tertiary/aromatic N) is 2. The molecular weight excluding hydrogens is 517 g/mol. The van der Waals surface area contributed by atoms with Gasteiger partial charge in [0.15, 0.2) is 5.78 Å². The number of rotatable bonds is 9. The lowest BCUT2D eigenvalue weighted by Gasteiger charge is -2.20. The molecule has 0 atom stereocenters. The minimum atomic E-state index is 0.0361. The van der Waals surface area contributed by atoms with Crippen molar-refractivity contribution in [2.45, 2.75) is 55.2 Å². The molecule has 0 aliphatic carbocycles.